The lowest BCUT2D eigenvalue weighted by atomic mass is 9.74. The molecular weight excluding hydrogens is 246 g/mol. The van der Waals surface area contributed by atoms with Gasteiger partial charge in [0.15, 0.2) is 0 Å². The third-order valence-electron chi connectivity index (χ3n) is 4.67. The largest absolute Gasteiger partial charge is 0.507 e. The van der Waals surface area contributed by atoms with Crippen molar-refractivity contribution < 1.29 is 5.11 Å². The van der Waals surface area contributed by atoms with Gasteiger partial charge in [0.1, 0.15) is 5.75 Å². The Hall–Kier alpha value is -1.02. The highest BCUT2D eigenvalue weighted by atomic mass is 16.3. The lowest BCUT2D eigenvalue weighted by molar-refractivity contribution is 0.290. The Morgan fingerprint density at radius 3 is 2.25 bits per heavy atom. The van der Waals surface area contributed by atoms with E-state index in [1.165, 1.54) is 12.0 Å². The lowest BCUT2D eigenvalue weighted by Crippen LogP contribution is -2.39. The maximum atomic E-state index is 10.8. The molecule has 0 amide bonds. The smallest absolute Gasteiger partial charge is 0.124 e. The zero-order valence-corrected chi connectivity index (χ0v) is 13.4. The molecular formula is C18H29NO. The number of phenolic OH excluding ortho intramolecular Hbond substituents is 1. The number of aryl methyl sites for hydroxylation is 1. The SMILES string of the molecule is CCc1cc(C(C)(C)C)c(O)c(C2(N)CCCCC2)c1. The fraction of sp³-hybridized carbons (Fsp3) is 0.667. The standard InChI is InChI=1S/C18H29NO/c1-5-13-11-14(17(2,3)4)16(20)15(12-13)18(19)9-7-6-8-10-18/h11-12,20H,5-10,19H2,1-4H3. The normalized spacial score (nSPS) is 19.1. The van der Waals surface area contributed by atoms with E-state index in [0.717, 1.165) is 43.2 Å². The van der Waals surface area contributed by atoms with Crippen molar-refractivity contribution in [1.29, 1.82) is 0 Å². The Balaban J connectivity index is 2.57. The van der Waals surface area contributed by atoms with E-state index in [0.29, 0.717) is 5.75 Å². The average Bonchev–Trinajstić information content (AvgIpc) is 2.38. The Morgan fingerprint density at radius 1 is 1.15 bits per heavy atom. The molecule has 1 saturated carbocycles. The van der Waals surface area contributed by atoms with Gasteiger partial charge in [0.05, 0.1) is 0 Å². The molecule has 1 aliphatic rings. The Morgan fingerprint density at radius 2 is 1.75 bits per heavy atom. The Bertz CT molecular complexity index is 479. The van der Waals surface area contributed by atoms with Gasteiger partial charge in [-0.05, 0) is 35.8 Å². The number of hydrogen-bond acceptors (Lipinski definition) is 2. The maximum Gasteiger partial charge on any atom is 0.124 e. The summed E-state index contributed by atoms with van der Waals surface area (Å²) >= 11 is 0. The van der Waals surface area contributed by atoms with Crippen molar-refractivity contribution in [3.8, 4) is 5.75 Å². The van der Waals surface area contributed by atoms with Crippen LogP contribution in [0.25, 0.3) is 0 Å². The molecule has 0 aliphatic heterocycles. The molecule has 2 heteroatoms. The lowest BCUT2D eigenvalue weighted by Gasteiger charge is -2.36. The maximum absolute atomic E-state index is 10.8. The molecule has 20 heavy (non-hydrogen) atoms. The molecule has 2 rings (SSSR count). The average molecular weight is 275 g/mol. The molecule has 1 aliphatic carbocycles. The summed E-state index contributed by atoms with van der Waals surface area (Å²) in [7, 11) is 0. The summed E-state index contributed by atoms with van der Waals surface area (Å²) < 4.78 is 0. The number of phenols is 1. The van der Waals surface area contributed by atoms with E-state index in [4.69, 9.17) is 5.73 Å². The molecule has 3 N–H and O–H groups in total. The summed E-state index contributed by atoms with van der Waals surface area (Å²) in [6.45, 7) is 8.60. The number of benzene rings is 1. The van der Waals surface area contributed by atoms with E-state index in [-0.39, 0.29) is 11.0 Å². The van der Waals surface area contributed by atoms with Gasteiger partial charge in [-0.25, -0.2) is 0 Å². The second kappa shape index (κ2) is 5.40. The first-order valence-corrected chi connectivity index (χ1v) is 7.93. The molecule has 1 fully saturated rings. The van der Waals surface area contributed by atoms with Crippen molar-refractivity contribution in [1.82, 2.24) is 0 Å². The number of hydrogen-bond donors (Lipinski definition) is 2. The van der Waals surface area contributed by atoms with Gasteiger partial charge in [0.2, 0.25) is 0 Å². The first kappa shape index (κ1) is 15.4. The molecule has 1 aromatic rings. The molecule has 0 radical (unpaired) electrons. The van der Waals surface area contributed by atoms with Crippen LogP contribution >= 0.6 is 0 Å². The zero-order valence-electron chi connectivity index (χ0n) is 13.4. The fourth-order valence-corrected chi connectivity index (χ4v) is 3.30. The number of rotatable bonds is 2. The van der Waals surface area contributed by atoms with Gasteiger partial charge in [0.25, 0.3) is 0 Å². The molecule has 0 unspecified atom stereocenters. The van der Waals surface area contributed by atoms with Crippen LogP contribution < -0.4 is 5.73 Å². The topological polar surface area (TPSA) is 46.2 Å². The van der Waals surface area contributed by atoms with Gasteiger partial charge in [-0.15, -0.1) is 0 Å². The zero-order chi connectivity index (χ0) is 15.0. The van der Waals surface area contributed by atoms with Crippen molar-refractivity contribution in [2.24, 2.45) is 5.73 Å². The van der Waals surface area contributed by atoms with Crippen LogP contribution in [0, 0.1) is 0 Å². The summed E-state index contributed by atoms with van der Waals surface area (Å²) in [5.41, 5.74) is 9.54. The van der Waals surface area contributed by atoms with E-state index in [1.54, 1.807) is 0 Å². The van der Waals surface area contributed by atoms with E-state index in [9.17, 15) is 5.11 Å². The monoisotopic (exact) mass is 275 g/mol. The molecule has 112 valence electrons. The van der Waals surface area contributed by atoms with Crippen LogP contribution in [-0.4, -0.2) is 5.11 Å². The summed E-state index contributed by atoms with van der Waals surface area (Å²) in [5.74, 6) is 0.430. The van der Waals surface area contributed by atoms with Crippen molar-refractivity contribution in [3.63, 3.8) is 0 Å². The molecule has 0 aromatic heterocycles. The van der Waals surface area contributed by atoms with Crippen molar-refractivity contribution in [3.05, 3.63) is 28.8 Å². The van der Waals surface area contributed by atoms with Crippen molar-refractivity contribution in [2.45, 2.75) is 77.2 Å². The highest BCUT2D eigenvalue weighted by Gasteiger charge is 2.34. The third kappa shape index (κ3) is 2.85. The highest BCUT2D eigenvalue weighted by molar-refractivity contribution is 5.50. The van der Waals surface area contributed by atoms with E-state index in [2.05, 4.69) is 39.8 Å². The van der Waals surface area contributed by atoms with Gasteiger partial charge in [-0.1, -0.05) is 59.1 Å². The quantitative estimate of drug-likeness (QED) is 0.842. The second-order valence-electron chi connectivity index (χ2n) is 7.36. The molecule has 0 saturated heterocycles. The van der Waals surface area contributed by atoms with Gasteiger partial charge >= 0.3 is 0 Å². The molecule has 2 nitrogen and oxygen atoms in total. The highest BCUT2D eigenvalue weighted by Crippen LogP contribution is 2.43. The summed E-state index contributed by atoms with van der Waals surface area (Å²) in [6, 6.07) is 4.28. The van der Waals surface area contributed by atoms with Crippen LogP contribution in [0.4, 0.5) is 0 Å². The van der Waals surface area contributed by atoms with E-state index < -0.39 is 0 Å². The predicted molar refractivity (Wildman–Crippen MR) is 85.1 cm³/mol. The van der Waals surface area contributed by atoms with Crippen molar-refractivity contribution in [2.75, 3.05) is 0 Å². The Labute approximate surface area is 123 Å². The second-order valence-corrected chi connectivity index (χ2v) is 7.36. The summed E-state index contributed by atoms with van der Waals surface area (Å²) in [4.78, 5) is 0. The first-order chi connectivity index (χ1) is 9.28. The van der Waals surface area contributed by atoms with Crippen LogP contribution in [0.2, 0.25) is 0 Å². The van der Waals surface area contributed by atoms with Crippen LogP contribution in [0.1, 0.15) is 76.5 Å². The Kier molecular flexibility index (Phi) is 4.15. The van der Waals surface area contributed by atoms with E-state index >= 15 is 0 Å². The molecule has 0 bridgehead atoms. The fourth-order valence-electron chi connectivity index (χ4n) is 3.30. The minimum atomic E-state index is -0.340. The van der Waals surface area contributed by atoms with Gasteiger partial charge in [0, 0.05) is 11.1 Å². The number of nitrogens with two attached hydrogens (primary N) is 1. The van der Waals surface area contributed by atoms with Crippen LogP contribution in [0.15, 0.2) is 12.1 Å². The van der Waals surface area contributed by atoms with E-state index in [1.807, 2.05) is 0 Å². The number of aromatic hydroxyl groups is 1. The minimum Gasteiger partial charge on any atom is -0.507 e. The summed E-state index contributed by atoms with van der Waals surface area (Å²) in [6.07, 6.45) is 6.54. The van der Waals surface area contributed by atoms with Crippen LogP contribution in [-0.2, 0) is 17.4 Å². The van der Waals surface area contributed by atoms with Crippen molar-refractivity contribution >= 4 is 0 Å². The third-order valence-corrected chi connectivity index (χ3v) is 4.67. The molecule has 0 atom stereocenters. The minimum absolute atomic E-state index is 0.0605. The molecule has 0 spiro atoms. The molecule has 0 heterocycles. The summed E-state index contributed by atoms with van der Waals surface area (Å²) in [5, 5.41) is 10.8. The van der Waals surface area contributed by atoms with Crippen LogP contribution in [0.5, 0.6) is 5.75 Å². The van der Waals surface area contributed by atoms with Crippen LogP contribution in [0.3, 0.4) is 0 Å². The van der Waals surface area contributed by atoms with Gasteiger partial charge in [-0.2, -0.15) is 0 Å². The first-order valence-electron chi connectivity index (χ1n) is 7.93. The predicted octanol–water partition coefficient (Wildman–Crippen LogP) is 4.37. The molecule has 1 aromatic carbocycles. The van der Waals surface area contributed by atoms with Gasteiger partial charge < -0.3 is 10.8 Å². The van der Waals surface area contributed by atoms with Gasteiger partial charge in [-0.3, -0.25) is 0 Å².